The average molecular weight is 139 g/mol. The van der Waals surface area contributed by atoms with Gasteiger partial charge in [-0.25, -0.2) is 4.98 Å². The van der Waals surface area contributed by atoms with Crippen LogP contribution in [0.5, 0.6) is 0 Å². The van der Waals surface area contributed by atoms with Crippen molar-refractivity contribution in [2.45, 2.75) is 0 Å². The number of hydrogen-bond acceptors (Lipinski definition) is 4. The molecule has 0 atom stereocenters. The quantitative estimate of drug-likeness (QED) is 0.475. The van der Waals surface area contributed by atoms with Gasteiger partial charge >= 0.3 is 0 Å². The van der Waals surface area contributed by atoms with Crippen LogP contribution < -0.4 is 5.73 Å². The number of hydrogen-bond donors (Lipinski definition) is 2. The minimum atomic E-state index is 0.356. The Morgan fingerprint density at radius 3 is 3.00 bits per heavy atom. The first-order valence-electron chi connectivity index (χ1n) is 2.65. The van der Waals surface area contributed by atoms with Gasteiger partial charge in [-0.1, -0.05) is 0 Å². The zero-order valence-corrected chi connectivity index (χ0v) is 4.97. The Morgan fingerprint density at radius 1 is 1.50 bits per heavy atom. The van der Waals surface area contributed by atoms with E-state index in [2.05, 4.69) is 9.97 Å². The normalized spacial score (nSPS) is 10.8. The topological polar surface area (TPSA) is 81.4 Å². The van der Waals surface area contributed by atoms with Gasteiger partial charge in [-0.05, 0) is 0 Å². The molecule has 0 amide bonds. The Morgan fingerprint density at radius 2 is 2.30 bits per heavy atom. The number of rotatable bonds is 0. The third-order valence-corrected chi connectivity index (χ3v) is 1.23. The number of nitrogens with zero attached hydrogens (tertiary/aromatic N) is 4. The summed E-state index contributed by atoms with van der Waals surface area (Å²) in [5.74, 6) is 0.745. The Balaban J connectivity index is 2.98. The van der Waals surface area contributed by atoms with Gasteiger partial charge in [0.25, 0.3) is 5.78 Å². The van der Waals surface area contributed by atoms with Gasteiger partial charge in [0.15, 0.2) is 6.33 Å². The van der Waals surface area contributed by atoms with Crippen LogP contribution in [0.2, 0.25) is 0 Å². The van der Waals surface area contributed by atoms with Crippen molar-refractivity contribution >= 4 is 11.6 Å². The molecule has 0 fully saturated rings. The number of anilines is 1. The van der Waals surface area contributed by atoms with Crippen LogP contribution in [0.3, 0.4) is 0 Å². The highest BCUT2D eigenvalue weighted by Crippen LogP contribution is 2.03. The second kappa shape index (κ2) is 1.41. The van der Waals surface area contributed by atoms with Crippen molar-refractivity contribution in [3.8, 4) is 0 Å². The Bertz CT molecular complexity index is 329. The molecule has 6 nitrogen and oxygen atoms in total. The van der Waals surface area contributed by atoms with Crippen LogP contribution in [0.1, 0.15) is 0 Å². The van der Waals surface area contributed by atoms with Crippen molar-refractivity contribution in [3.63, 3.8) is 0 Å². The second-order valence-corrected chi connectivity index (χ2v) is 1.86. The van der Waals surface area contributed by atoms with Crippen molar-refractivity contribution in [2.24, 2.45) is 0 Å². The fourth-order valence-corrected chi connectivity index (χ4v) is 0.802. The van der Waals surface area contributed by atoms with Gasteiger partial charge in [-0.3, -0.25) is 0 Å². The van der Waals surface area contributed by atoms with E-state index in [9.17, 15) is 0 Å². The highest BCUT2D eigenvalue weighted by atomic mass is 16.5. The van der Waals surface area contributed by atoms with E-state index in [0.717, 1.165) is 4.85 Å². The molecule has 0 aliphatic carbocycles. The molecule has 2 aromatic heterocycles. The van der Waals surface area contributed by atoms with Gasteiger partial charge in [0, 0.05) is 0 Å². The van der Waals surface area contributed by atoms with E-state index in [-0.39, 0.29) is 0 Å². The van der Waals surface area contributed by atoms with Crippen molar-refractivity contribution < 1.29 is 5.21 Å². The third kappa shape index (κ3) is 0.426. The summed E-state index contributed by atoms with van der Waals surface area (Å²) >= 11 is 0. The molecule has 0 aliphatic heterocycles. The number of nitrogens with two attached hydrogens (primary N) is 1. The van der Waals surface area contributed by atoms with Crippen molar-refractivity contribution in [1.29, 1.82) is 0 Å². The molecular formula is C4H5N5O. The van der Waals surface area contributed by atoms with Crippen molar-refractivity contribution in [1.82, 2.24) is 19.3 Å². The molecule has 0 spiro atoms. The van der Waals surface area contributed by atoms with E-state index in [1.165, 1.54) is 17.0 Å². The Hall–Kier alpha value is -1.72. The highest BCUT2D eigenvalue weighted by Gasteiger charge is 2.03. The van der Waals surface area contributed by atoms with Gasteiger partial charge in [0.1, 0.15) is 5.82 Å². The maximum atomic E-state index is 8.98. The molecule has 0 aliphatic rings. The molecule has 2 heterocycles. The second-order valence-electron chi connectivity index (χ2n) is 1.86. The molecule has 6 heteroatoms. The lowest BCUT2D eigenvalue weighted by Gasteiger charge is -1.91. The monoisotopic (exact) mass is 139 g/mol. The molecule has 0 aromatic carbocycles. The first-order valence-corrected chi connectivity index (χ1v) is 2.65. The molecule has 0 saturated carbocycles. The predicted molar refractivity (Wildman–Crippen MR) is 32.6 cm³/mol. The van der Waals surface area contributed by atoms with Crippen LogP contribution in [0.4, 0.5) is 5.82 Å². The number of fused-ring (bicyclic) bond motifs is 1. The fourth-order valence-electron chi connectivity index (χ4n) is 0.802. The van der Waals surface area contributed by atoms with E-state index in [4.69, 9.17) is 10.9 Å². The van der Waals surface area contributed by atoms with Gasteiger partial charge in [0.2, 0.25) is 0 Å². The fraction of sp³-hybridized carbons (Fsp3) is 0. The van der Waals surface area contributed by atoms with E-state index >= 15 is 0 Å². The summed E-state index contributed by atoms with van der Waals surface area (Å²) in [6.45, 7) is 0. The average Bonchev–Trinajstić information content (AvgIpc) is 2.40. The molecule has 0 unspecified atom stereocenters. The lowest BCUT2D eigenvalue weighted by molar-refractivity contribution is 0.138. The minimum absolute atomic E-state index is 0.356. The first kappa shape index (κ1) is 5.10. The lowest BCUT2D eigenvalue weighted by atomic mass is 10.8. The van der Waals surface area contributed by atoms with Crippen LogP contribution in [0, 0.1) is 0 Å². The Kier molecular flexibility index (Phi) is 0.717. The summed E-state index contributed by atoms with van der Waals surface area (Å²) < 4.78 is 1.28. The zero-order valence-electron chi connectivity index (χ0n) is 4.97. The smallest absolute Gasteiger partial charge is 0.255 e. The number of aromatic nitrogens is 4. The van der Waals surface area contributed by atoms with Crippen LogP contribution in [-0.2, 0) is 0 Å². The van der Waals surface area contributed by atoms with Crippen molar-refractivity contribution in [2.75, 3.05) is 5.73 Å². The van der Waals surface area contributed by atoms with Gasteiger partial charge in [-0.2, -0.15) is 9.50 Å². The summed E-state index contributed by atoms with van der Waals surface area (Å²) in [6.07, 6.45) is 2.65. The molecule has 0 radical (unpaired) electrons. The number of nitrogen functional groups attached to an aromatic ring is 1. The maximum absolute atomic E-state index is 8.98. The summed E-state index contributed by atoms with van der Waals surface area (Å²) in [6, 6.07) is 0. The predicted octanol–water partition coefficient (Wildman–Crippen LogP) is -0.650. The van der Waals surface area contributed by atoms with E-state index < -0.39 is 0 Å². The lowest BCUT2D eigenvalue weighted by Crippen LogP contribution is -2.02. The molecular weight excluding hydrogens is 134 g/mol. The van der Waals surface area contributed by atoms with Gasteiger partial charge in [-0.15, -0.1) is 4.85 Å². The van der Waals surface area contributed by atoms with Gasteiger partial charge < -0.3 is 10.9 Å². The summed E-state index contributed by atoms with van der Waals surface area (Å²) in [4.78, 5) is 8.28. The first-order chi connectivity index (χ1) is 4.79. The molecule has 0 saturated heterocycles. The zero-order chi connectivity index (χ0) is 7.14. The van der Waals surface area contributed by atoms with Gasteiger partial charge in [0.05, 0.1) is 6.20 Å². The Labute approximate surface area is 55.5 Å². The molecule has 2 rings (SSSR count). The standard InChI is InChI=1S/C4H5N5O/c5-3-1-6-4-7-2-8(10)9(3)4/h1-2,10H,5H2. The summed E-state index contributed by atoms with van der Waals surface area (Å²) in [5.41, 5.74) is 5.40. The molecule has 3 N–H and O–H groups in total. The highest BCUT2D eigenvalue weighted by molar-refractivity contribution is 5.39. The molecule has 52 valence electrons. The largest absolute Gasteiger partial charge is 0.411 e. The molecule has 10 heavy (non-hydrogen) atoms. The van der Waals surface area contributed by atoms with Crippen LogP contribution in [0.25, 0.3) is 5.78 Å². The third-order valence-electron chi connectivity index (χ3n) is 1.23. The van der Waals surface area contributed by atoms with Crippen LogP contribution in [0.15, 0.2) is 12.5 Å². The van der Waals surface area contributed by atoms with E-state index in [0.29, 0.717) is 11.6 Å². The summed E-state index contributed by atoms with van der Waals surface area (Å²) in [5, 5.41) is 8.98. The maximum Gasteiger partial charge on any atom is 0.255 e. The van der Waals surface area contributed by atoms with Crippen LogP contribution in [-0.4, -0.2) is 24.5 Å². The number of imidazole rings is 1. The SMILES string of the molecule is Nc1cnc2ncn(O)n12. The van der Waals surface area contributed by atoms with Crippen LogP contribution >= 0.6 is 0 Å². The molecule has 2 aromatic rings. The molecule has 0 bridgehead atoms. The van der Waals surface area contributed by atoms with Crippen molar-refractivity contribution in [3.05, 3.63) is 12.5 Å². The summed E-state index contributed by atoms with van der Waals surface area (Å²) in [7, 11) is 0. The van der Waals surface area contributed by atoms with E-state index in [1.54, 1.807) is 0 Å². The minimum Gasteiger partial charge on any atom is -0.411 e. The van der Waals surface area contributed by atoms with E-state index in [1.807, 2.05) is 0 Å².